The average molecular weight is 1650 g/mol. The number of rotatable bonds is 30. The molecule has 4 N–H and O–H groups in total. The lowest BCUT2D eigenvalue weighted by Gasteiger charge is -2.32. The van der Waals surface area contributed by atoms with Gasteiger partial charge in [-0.3, -0.25) is 19.2 Å². The van der Waals surface area contributed by atoms with Crippen molar-refractivity contribution in [1.82, 2.24) is 79.4 Å². The monoisotopic (exact) mass is 1640 g/mol. The van der Waals surface area contributed by atoms with Crippen molar-refractivity contribution in [2.45, 2.75) is 122 Å². The quantitative estimate of drug-likeness (QED) is 0.0307. The van der Waals surface area contributed by atoms with Gasteiger partial charge in [-0.25, -0.2) is 15.0 Å². The largest absolute Gasteiger partial charge is 0.361 e. The number of fused-ring (bicyclic) bond motifs is 4. The summed E-state index contributed by atoms with van der Waals surface area (Å²) in [7, 11) is 12.5. The second kappa shape index (κ2) is 41.9. The molecule has 4 aromatic carbocycles. The second-order valence-electron chi connectivity index (χ2n) is 31.6. The number of piperazine rings is 4. The molecule has 0 saturated carbocycles. The van der Waals surface area contributed by atoms with E-state index in [0.29, 0.717) is 17.8 Å². The van der Waals surface area contributed by atoms with Crippen molar-refractivity contribution < 1.29 is 19.2 Å². The third-order valence-electron chi connectivity index (χ3n) is 23.3. The summed E-state index contributed by atoms with van der Waals surface area (Å²) < 4.78 is 0. The van der Waals surface area contributed by atoms with E-state index in [-0.39, 0.29) is 35.5 Å². The number of aromatic nitrogens is 9. The lowest BCUT2D eigenvalue weighted by Crippen LogP contribution is -2.45. The van der Waals surface area contributed by atoms with Crippen LogP contribution in [-0.4, -0.2) is 268 Å². The first kappa shape index (κ1) is 84.9. The summed E-state index contributed by atoms with van der Waals surface area (Å²) in [6.07, 6.45) is 27.4. The Morgan fingerprint density at radius 1 is 0.405 bits per heavy atom. The molecule has 4 fully saturated rings. The summed E-state index contributed by atoms with van der Waals surface area (Å²) in [4.78, 5) is 103. The van der Waals surface area contributed by atoms with E-state index in [2.05, 4.69) is 230 Å². The summed E-state index contributed by atoms with van der Waals surface area (Å²) in [5, 5.41) is 18.0. The van der Waals surface area contributed by atoms with E-state index >= 15 is 0 Å². The van der Waals surface area contributed by atoms with Crippen molar-refractivity contribution in [1.29, 1.82) is 0 Å². The Hall–Kier alpha value is -9.03. The number of amides is 2. The summed E-state index contributed by atoms with van der Waals surface area (Å²) in [6, 6.07) is 33.7. The molecule has 616 valence electrons. The molecule has 16 rings (SSSR count). The standard InChI is InChI=1S/C24H33N5OS.C23H32N6OS.C22H28N4OS.C20H24N4OS/c1-4-5-8-19(15-18-16-25-21-10-7-6-9-20(18)21)28(3)23(30)22-17-26-24(31-22)29-13-11-27(2)12-14-29;1-4-5-8-18(15-17-16-24-20-10-7-6-9-19(17)20)28(3)22(30)21-25-26-23(31-21)29-13-11-27(2)12-14-29;1-25-11-13-26(14-12-25)10-9-22-24-16-21(28-22)20(27)8-4-5-17-15-23-19-7-3-2-6-18(17)19;1-23-9-11-24(12-10-23)20-22-14-19(26-20)18(25)8-4-5-15-13-21-17-7-3-2-6-16(15)17/h6-7,9-10,16-17,19,25H,4-5,8,11-15H2,1-3H3;6-7,9-10,16,18,24H,4-5,8,11-15H2,1-3H3;2-3,6-7,15-16,23H,4-5,8-14H2,1H3;2-3,6-7,13-14,21H,4-5,8-12H2,1H3. The number of ketones is 2. The molecule has 0 bridgehead atoms. The molecular formula is C89H117N19O4S4. The van der Waals surface area contributed by atoms with Crippen LogP contribution in [0.15, 0.2) is 140 Å². The van der Waals surface area contributed by atoms with Gasteiger partial charge in [0, 0.05) is 231 Å². The number of para-hydroxylation sites is 4. The van der Waals surface area contributed by atoms with Gasteiger partial charge in [-0.15, -0.1) is 21.5 Å². The Balaban J connectivity index is 0.000000135. The van der Waals surface area contributed by atoms with Gasteiger partial charge in [-0.1, -0.05) is 146 Å². The van der Waals surface area contributed by atoms with Gasteiger partial charge in [0.2, 0.25) is 10.1 Å². The Labute approximate surface area is 699 Å². The molecule has 0 aliphatic carbocycles. The summed E-state index contributed by atoms with van der Waals surface area (Å²) in [5.74, 6) is 0.489. The van der Waals surface area contributed by atoms with Crippen LogP contribution in [0.1, 0.15) is 144 Å². The zero-order valence-electron chi connectivity index (χ0n) is 69.0. The van der Waals surface area contributed by atoms with Gasteiger partial charge >= 0.3 is 0 Å². The molecule has 8 aromatic heterocycles. The SMILES string of the molecule is CCCCC(Cc1c[nH]c2ccccc12)N(C)C(=O)c1cnc(N2CCN(C)CC2)s1.CCCCC(Cc1c[nH]c2ccccc12)N(C)C(=O)c1nnc(N2CCN(C)CC2)s1.CN1CCN(CCc2ncc(C(=O)CCCc3c[nH]c4ccccc34)s2)CC1.CN1CCN(c2ncc(C(=O)CCCc3c[nH]c4ccccc34)s2)CC1. The van der Waals surface area contributed by atoms with Crippen LogP contribution < -0.4 is 14.7 Å². The summed E-state index contributed by atoms with van der Waals surface area (Å²) in [5.41, 5.74) is 9.73. The molecule has 4 aliphatic rings. The van der Waals surface area contributed by atoms with Crippen molar-refractivity contribution in [3.63, 3.8) is 0 Å². The molecule has 23 nitrogen and oxygen atoms in total. The molecule has 27 heteroatoms. The van der Waals surface area contributed by atoms with Crippen molar-refractivity contribution >= 4 is 128 Å². The van der Waals surface area contributed by atoms with Crippen LogP contribution in [0.2, 0.25) is 0 Å². The van der Waals surface area contributed by atoms with Crippen LogP contribution in [0.25, 0.3) is 43.6 Å². The summed E-state index contributed by atoms with van der Waals surface area (Å²) in [6.45, 7) is 21.9. The number of Topliss-reactive ketones (excluding diaryl/α,β-unsaturated/α-hetero) is 2. The van der Waals surface area contributed by atoms with E-state index in [1.54, 1.807) is 29.9 Å². The van der Waals surface area contributed by atoms with Crippen LogP contribution in [0.3, 0.4) is 0 Å². The van der Waals surface area contributed by atoms with Crippen LogP contribution in [0, 0.1) is 0 Å². The molecule has 0 radical (unpaired) electrons. The molecule has 0 spiro atoms. The fourth-order valence-corrected chi connectivity index (χ4v) is 19.3. The smallest absolute Gasteiger partial charge is 0.284 e. The molecule has 12 aromatic rings. The van der Waals surface area contributed by atoms with Gasteiger partial charge < -0.3 is 68.9 Å². The maximum Gasteiger partial charge on any atom is 0.284 e. The molecule has 2 atom stereocenters. The average Bonchev–Trinajstić information content (AvgIpc) is 1.65. The maximum atomic E-state index is 13.4. The highest BCUT2D eigenvalue weighted by molar-refractivity contribution is 7.18. The maximum absolute atomic E-state index is 13.4. The van der Waals surface area contributed by atoms with E-state index in [4.69, 9.17) is 0 Å². The molecule has 4 saturated heterocycles. The molecule has 116 heavy (non-hydrogen) atoms. The third kappa shape index (κ3) is 22.6. The molecular weight excluding hydrogens is 1530 g/mol. The normalized spacial score (nSPS) is 15.9. The Bertz CT molecular complexity index is 4910. The number of unbranched alkanes of at least 4 members (excludes halogenated alkanes) is 2. The van der Waals surface area contributed by atoms with Crippen molar-refractivity contribution in [3.8, 4) is 0 Å². The lowest BCUT2D eigenvalue weighted by atomic mass is 9.99. The number of aromatic amines is 4. The van der Waals surface area contributed by atoms with Gasteiger partial charge in [-0.05, 0) is 126 Å². The number of hydrogen-bond donors (Lipinski definition) is 4. The number of carbonyl (C=O) groups is 4. The fraction of sp³-hybridized carbons (Fsp3) is 0.472. The van der Waals surface area contributed by atoms with Crippen LogP contribution >= 0.6 is 45.3 Å². The number of likely N-dealkylation sites (N-methyl/N-ethyl adjacent to an activating group) is 6. The predicted molar refractivity (Wildman–Crippen MR) is 479 cm³/mol. The van der Waals surface area contributed by atoms with Gasteiger partial charge in [0.1, 0.15) is 4.88 Å². The van der Waals surface area contributed by atoms with E-state index in [9.17, 15) is 19.2 Å². The molecule has 12 heterocycles. The highest BCUT2D eigenvalue weighted by Gasteiger charge is 2.30. The number of anilines is 3. The fourth-order valence-electron chi connectivity index (χ4n) is 15.7. The Kier molecular flexibility index (Phi) is 30.6. The van der Waals surface area contributed by atoms with E-state index < -0.39 is 0 Å². The first-order valence-electron chi connectivity index (χ1n) is 41.7. The topological polar surface area (TPSA) is 228 Å². The van der Waals surface area contributed by atoms with E-state index in [1.165, 1.54) is 77.8 Å². The predicted octanol–water partition coefficient (Wildman–Crippen LogP) is 15.1. The minimum absolute atomic E-state index is 0.0289. The highest BCUT2D eigenvalue weighted by Crippen LogP contribution is 2.32. The lowest BCUT2D eigenvalue weighted by molar-refractivity contribution is 0.0715. The van der Waals surface area contributed by atoms with Crippen LogP contribution in [0.5, 0.6) is 0 Å². The number of hydrogen-bond acceptors (Lipinski definition) is 21. The minimum Gasteiger partial charge on any atom is -0.361 e. The zero-order valence-corrected chi connectivity index (χ0v) is 72.3. The minimum atomic E-state index is -0.0289. The van der Waals surface area contributed by atoms with Gasteiger partial charge in [-0.2, -0.15) is 0 Å². The first-order chi connectivity index (χ1) is 56.5. The number of H-pyrrole nitrogens is 4. The van der Waals surface area contributed by atoms with E-state index in [1.807, 2.05) is 42.1 Å². The van der Waals surface area contributed by atoms with E-state index in [0.717, 1.165) is 252 Å². The van der Waals surface area contributed by atoms with Gasteiger partial charge in [0.25, 0.3) is 11.8 Å². The van der Waals surface area contributed by atoms with Gasteiger partial charge in [0.05, 0.1) is 27.2 Å². The number of nitrogens with zero attached hydrogens (tertiary/aromatic N) is 15. The van der Waals surface area contributed by atoms with Crippen LogP contribution in [-0.2, 0) is 32.1 Å². The first-order valence-corrected chi connectivity index (χ1v) is 45.0. The second-order valence-corrected chi connectivity index (χ2v) is 35.7. The van der Waals surface area contributed by atoms with Crippen molar-refractivity contribution in [2.75, 3.05) is 168 Å². The van der Waals surface area contributed by atoms with Crippen LogP contribution in [0.4, 0.5) is 15.4 Å². The molecule has 2 amide bonds. The van der Waals surface area contributed by atoms with Crippen molar-refractivity contribution in [3.05, 3.63) is 187 Å². The third-order valence-corrected chi connectivity index (χ3v) is 27.5. The van der Waals surface area contributed by atoms with Gasteiger partial charge in [0.15, 0.2) is 21.8 Å². The Morgan fingerprint density at radius 3 is 1.22 bits per heavy atom. The zero-order chi connectivity index (χ0) is 80.9. The number of carbonyl (C=O) groups excluding carboxylic acids is 4. The summed E-state index contributed by atoms with van der Waals surface area (Å²) >= 11 is 6.06. The Morgan fingerprint density at radius 2 is 0.776 bits per heavy atom. The number of thiazole rings is 3. The molecule has 2 unspecified atom stereocenters. The number of nitrogens with one attached hydrogen (secondary N) is 4. The molecule has 4 aliphatic heterocycles. The van der Waals surface area contributed by atoms with Crippen molar-refractivity contribution in [2.24, 2.45) is 0 Å². The highest BCUT2D eigenvalue weighted by atomic mass is 32.1. The number of benzene rings is 4. The number of aryl methyl sites for hydroxylation is 2.